The predicted octanol–water partition coefficient (Wildman–Crippen LogP) is 6.19. The molecular formula is C25H24F3N3O2. The van der Waals surface area contributed by atoms with Crippen LogP contribution in [0, 0.1) is 5.82 Å². The van der Waals surface area contributed by atoms with E-state index in [0.29, 0.717) is 25.2 Å². The van der Waals surface area contributed by atoms with Crippen molar-refractivity contribution in [3.05, 3.63) is 71.4 Å². The molecule has 0 bridgehead atoms. The number of rotatable bonds is 5. The second-order valence-electron chi connectivity index (χ2n) is 8.40. The third kappa shape index (κ3) is 4.20. The van der Waals surface area contributed by atoms with Gasteiger partial charge in [-0.1, -0.05) is 24.3 Å². The van der Waals surface area contributed by atoms with E-state index < -0.39 is 29.6 Å². The Hall–Kier alpha value is -2.97. The number of ether oxygens (including phenoxy) is 2. The van der Waals surface area contributed by atoms with Gasteiger partial charge >= 0.3 is 0 Å². The SMILES string of the molecule is C[C@@H](Nc1ccnc2cnc(C3=CCC4(CC3)OCCO4)cc12)c1cccc(C(F)F)c1F. The van der Waals surface area contributed by atoms with E-state index >= 15 is 0 Å². The van der Waals surface area contributed by atoms with Gasteiger partial charge in [0.05, 0.1) is 42.2 Å². The van der Waals surface area contributed by atoms with Gasteiger partial charge < -0.3 is 14.8 Å². The molecule has 0 amide bonds. The Bertz CT molecular complexity index is 1210. The smallest absolute Gasteiger partial charge is 0.266 e. The van der Waals surface area contributed by atoms with Crippen LogP contribution in [0.5, 0.6) is 0 Å². The molecule has 0 radical (unpaired) electrons. The molecular weight excluding hydrogens is 431 g/mol. The number of hydrogen-bond acceptors (Lipinski definition) is 5. The molecule has 0 unspecified atom stereocenters. The minimum atomic E-state index is -2.87. The summed E-state index contributed by atoms with van der Waals surface area (Å²) in [6, 6.07) is 7.30. The molecule has 3 heterocycles. The molecule has 2 aliphatic rings. The number of fused-ring (bicyclic) bond motifs is 1. The first kappa shape index (κ1) is 21.9. The largest absolute Gasteiger partial charge is 0.378 e. The van der Waals surface area contributed by atoms with Crippen LogP contribution in [0.15, 0.2) is 48.8 Å². The maximum atomic E-state index is 14.7. The van der Waals surface area contributed by atoms with Crippen molar-refractivity contribution in [2.45, 2.75) is 44.4 Å². The van der Waals surface area contributed by atoms with E-state index in [9.17, 15) is 13.2 Å². The summed E-state index contributed by atoms with van der Waals surface area (Å²) < 4.78 is 52.5. The van der Waals surface area contributed by atoms with Crippen LogP contribution < -0.4 is 5.32 Å². The van der Waals surface area contributed by atoms with Gasteiger partial charge in [-0.2, -0.15) is 0 Å². The molecule has 1 spiro atoms. The second-order valence-corrected chi connectivity index (χ2v) is 8.40. The average molecular weight is 455 g/mol. The number of anilines is 1. The van der Waals surface area contributed by atoms with Gasteiger partial charge in [-0.25, -0.2) is 13.2 Å². The van der Waals surface area contributed by atoms with Crippen LogP contribution in [-0.2, 0) is 9.47 Å². The van der Waals surface area contributed by atoms with Crippen molar-refractivity contribution >= 4 is 22.2 Å². The Morgan fingerprint density at radius 2 is 1.88 bits per heavy atom. The van der Waals surface area contributed by atoms with E-state index in [0.717, 1.165) is 41.2 Å². The van der Waals surface area contributed by atoms with E-state index in [-0.39, 0.29) is 5.56 Å². The Kier molecular flexibility index (Phi) is 5.80. The molecule has 8 heteroatoms. The lowest BCUT2D eigenvalue weighted by Crippen LogP contribution is -2.31. The molecule has 1 saturated heterocycles. The predicted molar refractivity (Wildman–Crippen MR) is 119 cm³/mol. The number of hydrogen-bond donors (Lipinski definition) is 1. The van der Waals surface area contributed by atoms with E-state index in [4.69, 9.17) is 9.47 Å². The van der Waals surface area contributed by atoms with Gasteiger partial charge in [0.1, 0.15) is 5.82 Å². The highest BCUT2D eigenvalue weighted by Gasteiger charge is 2.37. The van der Waals surface area contributed by atoms with Crippen LogP contribution in [-0.4, -0.2) is 29.0 Å². The Morgan fingerprint density at radius 1 is 1.09 bits per heavy atom. The van der Waals surface area contributed by atoms with Gasteiger partial charge in [0, 0.05) is 35.7 Å². The number of nitrogens with one attached hydrogen (secondary N) is 1. The third-order valence-corrected chi connectivity index (χ3v) is 6.34. The lowest BCUT2D eigenvalue weighted by molar-refractivity contribution is -0.159. The summed E-state index contributed by atoms with van der Waals surface area (Å²) in [6.07, 6.45) is 4.83. The highest BCUT2D eigenvalue weighted by atomic mass is 19.3. The van der Waals surface area contributed by atoms with Crippen LogP contribution in [0.1, 0.15) is 55.5 Å². The molecule has 3 aromatic rings. The van der Waals surface area contributed by atoms with E-state index in [1.54, 1.807) is 25.4 Å². The Labute approximate surface area is 189 Å². The van der Waals surface area contributed by atoms with Gasteiger partial charge in [-0.3, -0.25) is 9.97 Å². The maximum Gasteiger partial charge on any atom is 0.266 e. The van der Waals surface area contributed by atoms with Crippen molar-refractivity contribution in [1.29, 1.82) is 0 Å². The average Bonchev–Trinajstić information content (AvgIpc) is 3.27. The van der Waals surface area contributed by atoms with Crippen molar-refractivity contribution in [3.8, 4) is 0 Å². The molecule has 5 rings (SSSR count). The number of allylic oxidation sites excluding steroid dienone is 1. The van der Waals surface area contributed by atoms with Crippen molar-refractivity contribution in [1.82, 2.24) is 9.97 Å². The molecule has 33 heavy (non-hydrogen) atoms. The summed E-state index contributed by atoms with van der Waals surface area (Å²) in [5.74, 6) is -1.38. The quantitative estimate of drug-likeness (QED) is 0.497. The van der Waals surface area contributed by atoms with Crippen LogP contribution in [0.4, 0.5) is 18.9 Å². The van der Waals surface area contributed by atoms with E-state index in [1.807, 2.05) is 6.07 Å². The minimum absolute atomic E-state index is 0.184. The summed E-state index contributed by atoms with van der Waals surface area (Å²) in [5.41, 5.74) is 2.96. The van der Waals surface area contributed by atoms with Crippen LogP contribution in [0.2, 0.25) is 0 Å². The number of pyridine rings is 2. The number of halogens is 3. The fourth-order valence-corrected chi connectivity index (χ4v) is 4.53. The minimum Gasteiger partial charge on any atom is -0.378 e. The highest BCUT2D eigenvalue weighted by Crippen LogP contribution is 2.39. The lowest BCUT2D eigenvalue weighted by Gasteiger charge is -2.30. The molecule has 5 nitrogen and oxygen atoms in total. The second kappa shape index (κ2) is 8.76. The van der Waals surface area contributed by atoms with Crippen molar-refractivity contribution in [2.24, 2.45) is 0 Å². The maximum absolute atomic E-state index is 14.7. The third-order valence-electron chi connectivity index (χ3n) is 6.34. The molecule has 1 fully saturated rings. The number of benzene rings is 1. The highest BCUT2D eigenvalue weighted by molar-refractivity contribution is 5.92. The molecule has 0 saturated carbocycles. The standard InChI is InChI=1S/C25H24F3N3O2/c1-15(17-3-2-4-18(23(17)26)24(27)28)31-20-7-10-29-22-14-30-21(13-19(20)22)16-5-8-25(9-6-16)32-11-12-33-25/h2-5,7,10,13-15,24H,6,8-9,11-12H2,1H3,(H,29,31)/t15-/m1/s1. The first-order valence-corrected chi connectivity index (χ1v) is 11.0. The molecule has 1 aliphatic carbocycles. The van der Waals surface area contributed by atoms with Crippen molar-refractivity contribution in [3.63, 3.8) is 0 Å². The molecule has 172 valence electrons. The number of aromatic nitrogens is 2. The van der Waals surface area contributed by atoms with Crippen LogP contribution >= 0.6 is 0 Å². The molecule has 1 N–H and O–H groups in total. The normalized spacial score (nSPS) is 18.6. The fourth-order valence-electron chi connectivity index (χ4n) is 4.53. The summed E-state index contributed by atoms with van der Waals surface area (Å²) in [6.45, 7) is 2.99. The summed E-state index contributed by atoms with van der Waals surface area (Å²) in [7, 11) is 0. The van der Waals surface area contributed by atoms with Crippen LogP contribution in [0.3, 0.4) is 0 Å². The van der Waals surface area contributed by atoms with Gasteiger partial charge in [0.2, 0.25) is 0 Å². The zero-order valence-corrected chi connectivity index (χ0v) is 18.2. The Morgan fingerprint density at radius 3 is 2.61 bits per heavy atom. The van der Waals surface area contributed by atoms with E-state index in [2.05, 4.69) is 21.4 Å². The topological polar surface area (TPSA) is 56.3 Å². The van der Waals surface area contributed by atoms with E-state index in [1.165, 1.54) is 12.1 Å². The zero-order valence-electron chi connectivity index (χ0n) is 18.2. The molecule has 1 atom stereocenters. The van der Waals surface area contributed by atoms with Crippen LogP contribution in [0.25, 0.3) is 16.5 Å². The first-order chi connectivity index (χ1) is 16.0. The van der Waals surface area contributed by atoms with Gasteiger partial charge in [0.15, 0.2) is 5.79 Å². The zero-order chi connectivity index (χ0) is 23.0. The summed E-state index contributed by atoms with van der Waals surface area (Å²) in [5, 5.41) is 4.09. The van der Waals surface area contributed by atoms with Crippen molar-refractivity contribution < 1.29 is 22.6 Å². The molecule has 1 aromatic carbocycles. The Balaban J connectivity index is 1.44. The van der Waals surface area contributed by atoms with Gasteiger partial charge in [0.25, 0.3) is 6.43 Å². The lowest BCUT2D eigenvalue weighted by atomic mass is 9.91. The number of alkyl halides is 2. The number of nitrogens with zero attached hydrogens (tertiary/aromatic N) is 2. The summed E-state index contributed by atoms with van der Waals surface area (Å²) >= 11 is 0. The monoisotopic (exact) mass is 455 g/mol. The van der Waals surface area contributed by atoms with Crippen molar-refractivity contribution in [2.75, 3.05) is 18.5 Å². The van der Waals surface area contributed by atoms with Gasteiger partial charge in [-0.05, 0) is 31.1 Å². The molecule has 2 aromatic heterocycles. The molecule has 1 aliphatic heterocycles. The fraction of sp³-hybridized carbons (Fsp3) is 0.360. The van der Waals surface area contributed by atoms with Gasteiger partial charge in [-0.15, -0.1) is 0 Å². The summed E-state index contributed by atoms with van der Waals surface area (Å²) in [4.78, 5) is 8.97. The first-order valence-electron chi connectivity index (χ1n) is 11.0.